The molecule has 0 aliphatic heterocycles. The first-order valence-electron chi connectivity index (χ1n) is 4.63. The highest BCUT2D eigenvalue weighted by atomic mass is 79.9. The molecule has 1 atom stereocenters. The maximum Gasteiger partial charge on any atom is 0.0701 e. The predicted molar refractivity (Wildman–Crippen MR) is 77.8 cm³/mol. The summed E-state index contributed by atoms with van der Waals surface area (Å²) in [7, 11) is 0. The smallest absolute Gasteiger partial charge is 0.0701 e. The zero-order chi connectivity index (χ0) is 11.5. The van der Waals surface area contributed by atoms with E-state index in [9.17, 15) is 0 Å². The molecule has 86 valence electrons. The summed E-state index contributed by atoms with van der Waals surface area (Å²) in [5.74, 6) is 5.60. The van der Waals surface area contributed by atoms with Gasteiger partial charge < -0.3 is 0 Å². The van der Waals surface area contributed by atoms with E-state index in [1.807, 2.05) is 0 Å². The maximum absolute atomic E-state index is 5.60. The summed E-state index contributed by atoms with van der Waals surface area (Å²) in [6.07, 6.45) is 0.913. The largest absolute Gasteiger partial charge is 0.271 e. The molecule has 0 aromatic carbocycles. The molecule has 16 heavy (non-hydrogen) atoms. The SMILES string of the molecule is NNC(Cc1ccc(Br)s1)c1csc(Br)c1. The van der Waals surface area contributed by atoms with Crippen LogP contribution in [0.25, 0.3) is 0 Å². The van der Waals surface area contributed by atoms with Gasteiger partial charge in [-0.3, -0.25) is 11.3 Å². The minimum Gasteiger partial charge on any atom is -0.271 e. The number of nitrogens with one attached hydrogen (secondary N) is 1. The van der Waals surface area contributed by atoms with Crippen molar-refractivity contribution in [2.75, 3.05) is 0 Å². The van der Waals surface area contributed by atoms with Crippen LogP contribution in [0, 0.1) is 0 Å². The van der Waals surface area contributed by atoms with Gasteiger partial charge in [-0.05, 0) is 61.0 Å². The van der Waals surface area contributed by atoms with E-state index in [4.69, 9.17) is 5.84 Å². The lowest BCUT2D eigenvalue weighted by molar-refractivity contribution is 0.557. The van der Waals surface area contributed by atoms with Crippen LogP contribution in [0.1, 0.15) is 16.5 Å². The van der Waals surface area contributed by atoms with Gasteiger partial charge in [0.2, 0.25) is 0 Å². The third kappa shape index (κ3) is 3.15. The molecule has 0 radical (unpaired) electrons. The zero-order valence-corrected chi connectivity index (χ0v) is 13.0. The molecule has 6 heteroatoms. The van der Waals surface area contributed by atoms with Crippen LogP contribution in [0.5, 0.6) is 0 Å². The number of nitrogens with two attached hydrogens (primary N) is 1. The van der Waals surface area contributed by atoms with Gasteiger partial charge in [-0.15, -0.1) is 22.7 Å². The molecule has 0 aliphatic carbocycles. The molecule has 1 unspecified atom stereocenters. The molecular formula is C10H10Br2N2S2. The zero-order valence-electron chi connectivity index (χ0n) is 8.24. The fourth-order valence-electron chi connectivity index (χ4n) is 1.44. The van der Waals surface area contributed by atoms with Crippen molar-refractivity contribution in [1.29, 1.82) is 0 Å². The second kappa shape index (κ2) is 5.75. The third-order valence-corrected chi connectivity index (χ3v) is 5.39. The fraction of sp³-hybridized carbons (Fsp3) is 0.200. The van der Waals surface area contributed by atoms with Gasteiger partial charge in [0.05, 0.1) is 13.6 Å². The molecule has 2 aromatic rings. The van der Waals surface area contributed by atoms with Crippen molar-refractivity contribution in [2.45, 2.75) is 12.5 Å². The Kier molecular flexibility index (Phi) is 4.57. The number of hydrogen-bond donors (Lipinski definition) is 2. The molecule has 0 spiro atoms. The minimum absolute atomic E-state index is 0.174. The average molecular weight is 382 g/mol. The molecule has 0 fully saturated rings. The van der Waals surface area contributed by atoms with Crippen molar-refractivity contribution in [3.8, 4) is 0 Å². The number of thiophene rings is 2. The monoisotopic (exact) mass is 380 g/mol. The summed E-state index contributed by atoms with van der Waals surface area (Å²) in [4.78, 5) is 1.32. The van der Waals surface area contributed by atoms with Crippen molar-refractivity contribution in [1.82, 2.24) is 5.43 Å². The first-order valence-corrected chi connectivity index (χ1v) is 7.91. The highest BCUT2D eigenvalue weighted by Gasteiger charge is 2.13. The van der Waals surface area contributed by atoms with Gasteiger partial charge >= 0.3 is 0 Å². The lowest BCUT2D eigenvalue weighted by atomic mass is 10.1. The topological polar surface area (TPSA) is 38.0 Å². The van der Waals surface area contributed by atoms with Crippen LogP contribution >= 0.6 is 54.5 Å². The Hall–Kier alpha value is 0.280. The van der Waals surface area contributed by atoms with E-state index >= 15 is 0 Å². The number of rotatable bonds is 4. The number of halogens is 2. The maximum atomic E-state index is 5.60. The van der Waals surface area contributed by atoms with Crippen molar-refractivity contribution in [3.63, 3.8) is 0 Å². The van der Waals surface area contributed by atoms with Gasteiger partial charge in [-0.1, -0.05) is 0 Å². The Morgan fingerprint density at radius 3 is 2.62 bits per heavy atom. The summed E-state index contributed by atoms with van der Waals surface area (Å²) in [5, 5.41) is 2.12. The number of hydrogen-bond acceptors (Lipinski definition) is 4. The van der Waals surface area contributed by atoms with Crippen LogP contribution in [0.3, 0.4) is 0 Å². The molecular weight excluding hydrogens is 372 g/mol. The van der Waals surface area contributed by atoms with E-state index in [2.05, 4.69) is 60.9 Å². The molecule has 0 saturated heterocycles. The lowest BCUT2D eigenvalue weighted by Crippen LogP contribution is -2.29. The quantitative estimate of drug-likeness (QED) is 0.618. The molecule has 3 N–H and O–H groups in total. The summed E-state index contributed by atoms with van der Waals surface area (Å²) < 4.78 is 2.29. The van der Waals surface area contributed by atoms with Crippen molar-refractivity contribution in [3.05, 3.63) is 41.6 Å². The van der Waals surface area contributed by atoms with Crippen LogP contribution in [0.2, 0.25) is 0 Å². The van der Waals surface area contributed by atoms with Crippen molar-refractivity contribution < 1.29 is 0 Å². The van der Waals surface area contributed by atoms with Gasteiger partial charge in [0.25, 0.3) is 0 Å². The number of hydrazine groups is 1. The first kappa shape index (κ1) is 12.7. The van der Waals surface area contributed by atoms with Gasteiger partial charge in [-0.25, -0.2) is 0 Å². The van der Waals surface area contributed by atoms with Gasteiger partial charge in [0.15, 0.2) is 0 Å². The summed E-state index contributed by atoms with van der Waals surface area (Å²) in [6.45, 7) is 0. The van der Waals surface area contributed by atoms with Crippen LogP contribution in [-0.4, -0.2) is 0 Å². The van der Waals surface area contributed by atoms with Gasteiger partial charge in [0.1, 0.15) is 0 Å². The fourth-order valence-corrected chi connectivity index (χ4v) is 4.20. The second-order valence-corrected chi connectivity index (χ2v) is 8.15. The predicted octanol–water partition coefficient (Wildman–Crippen LogP) is 4.08. The van der Waals surface area contributed by atoms with E-state index < -0.39 is 0 Å². The van der Waals surface area contributed by atoms with Crippen LogP contribution in [0.15, 0.2) is 31.2 Å². The summed E-state index contributed by atoms with van der Waals surface area (Å²) in [5.41, 5.74) is 4.09. The Balaban J connectivity index is 2.12. The van der Waals surface area contributed by atoms with E-state index in [-0.39, 0.29) is 6.04 Å². The normalized spacial score (nSPS) is 12.9. The Morgan fingerprint density at radius 2 is 2.12 bits per heavy atom. The summed E-state index contributed by atoms with van der Waals surface area (Å²) >= 11 is 10.4. The standard InChI is InChI=1S/C10H10Br2N2S2/c11-9-2-1-7(16-9)4-8(14-13)6-3-10(12)15-5-6/h1-3,5,8,14H,4,13H2. The van der Waals surface area contributed by atoms with Crippen LogP contribution < -0.4 is 11.3 Å². The van der Waals surface area contributed by atoms with Crippen molar-refractivity contribution in [2.24, 2.45) is 5.84 Å². The molecule has 0 saturated carbocycles. The highest BCUT2D eigenvalue weighted by molar-refractivity contribution is 9.11. The highest BCUT2D eigenvalue weighted by Crippen LogP contribution is 2.30. The van der Waals surface area contributed by atoms with E-state index in [1.54, 1.807) is 22.7 Å². The Labute approximate surface area is 119 Å². The van der Waals surface area contributed by atoms with Crippen LogP contribution in [-0.2, 0) is 6.42 Å². The van der Waals surface area contributed by atoms with Crippen molar-refractivity contribution >= 4 is 54.5 Å². The Morgan fingerprint density at radius 1 is 1.31 bits per heavy atom. The molecule has 2 heterocycles. The minimum atomic E-state index is 0.174. The van der Waals surface area contributed by atoms with E-state index in [0.29, 0.717) is 0 Å². The third-order valence-electron chi connectivity index (χ3n) is 2.23. The molecule has 0 bridgehead atoms. The van der Waals surface area contributed by atoms with E-state index in [1.165, 1.54) is 10.4 Å². The van der Waals surface area contributed by atoms with E-state index in [0.717, 1.165) is 14.0 Å². The lowest BCUT2D eigenvalue weighted by Gasteiger charge is -2.13. The average Bonchev–Trinajstić information content (AvgIpc) is 2.84. The van der Waals surface area contributed by atoms with Gasteiger partial charge in [0, 0.05) is 11.3 Å². The van der Waals surface area contributed by atoms with Gasteiger partial charge in [-0.2, -0.15) is 0 Å². The molecule has 2 nitrogen and oxygen atoms in total. The molecule has 2 rings (SSSR count). The second-order valence-electron chi connectivity index (χ2n) is 3.31. The first-order chi connectivity index (χ1) is 7.69. The summed E-state index contributed by atoms with van der Waals surface area (Å²) in [6, 6.07) is 6.48. The van der Waals surface area contributed by atoms with Crippen LogP contribution in [0.4, 0.5) is 0 Å². The molecule has 0 amide bonds. The molecule has 2 aromatic heterocycles. The molecule has 0 aliphatic rings. The Bertz CT molecular complexity index is 467.